The number of carbonyl (C=O) groups excluding carboxylic acids is 1. The van der Waals surface area contributed by atoms with Crippen molar-refractivity contribution in [2.24, 2.45) is 0 Å². The van der Waals surface area contributed by atoms with Crippen LogP contribution in [0.25, 0.3) is 0 Å². The Kier molecular flexibility index (Phi) is 4.60. The van der Waals surface area contributed by atoms with Gasteiger partial charge in [-0.05, 0) is 23.8 Å². The van der Waals surface area contributed by atoms with E-state index < -0.39 is 5.97 Å². The van der Waals surface area contributed by atoms with Crippen LogP contribution in [0, 0.1) is 0 Å². The minimum Gasteiger partial charge on any atom is -0.491 e. The molecule has 4 heteroatoms. The maximum atomic E-state index is 11.4. The topological polar surface area (TPSA) is 61.5 Å². The number of rotatable bonds is 5. The van der Waals surface area contributed by atoms with E-state index in [1.54, 1.807) is 18.2 Å². The quantitative estimate of drug-likeness (QED) is 0.671. The van der Waals surface area contributed by atoms with Crippen molar-refractivity contribution < 1.29 is 14.3 Å². The molecule has 0 radical (unpaired) electrons. The molecule has 0 bridgehead atoms. The second kappa shape index (κ2) is 6.61. The van der Waals surface area contributed by atoms with Gasteiger partial charge in [-0.15, -0.1) is 0 Å². The first-order valence-corrected chi connectivity index (χ1v) is 6.35. The summed E-state index contributed by atoms with van der Waals surface area (Å²) in [6.45, 7) is 0.534. The Balaban J connectivity index is 1.95. The van der Waals surface area contributed by atoms with Crippen LogP contribution in [0.5, 0.6) is 5.75 Å². The van der Waals surface area contributed by atoms with E-state index in [2.05, 4.69) is 4.74 Å². The van der Waals surface area contributed by atoms with Gasteiger partial charge in [-0.25, -0.2) is 4.79 Å². The lowest BCUT2D eigenvalue weighted by atomic mass is 10.1. The Morgan fingerprint density at radius 1 is 1.15 bits per heavy atom. The van der Waals surface area contributed by atoms with E-state index in [0.717, 1.165) is 6.42 Å². The molecule has 0 heterocycles. The molecule has 20 heavy (non-hydrogen) atoms. The average molecular weight is 271 g/mol. The van der Waals surface area contributed by atoms with E-state index in [0.29, 0.717) is 23.6 Å². The Hall–Kier alpha value is -2.49. The summed E-state index contributed by atoms with van der Waals surface area (Å²) < 4.78 is 10.3. The molecule has 0 aromatic heterocycles. The van der Waals surface area contributed by atoms with Gasteiger partial charge < -0.3 is 15.2 Å². The van der Waals surface area contributed by atoms with Crippen LogP contribution >= 0.6 is 0 Å². The first-order chi connectivity index (χ1) is 9.70. The van der Waals surface area contributed by atoms with Crippen LogP contribution in [0.15, 0.2) is 48.5 Å². The second-order valence-corrected chi connectivity index (χ2v) is 4.33. The highest BCUT2D eigenvalue weighted by Crippen LogP contribution is 2.23. The summed E-state index contributed by atoms with van der Waals surface area (Å²) in [7, 11) is 1.34. The SMILES string of the molecule is COC(=O)c1ccc(OCCc2ccccc2)c(N)c1. The first kappa shape index (κ1) is 13.9. The summed E-state index contributed by atoms with van der Waals surface area (Å²) in [6, 6.07) is 15.0. The third-order valence-corrected chi connectivity index (χ3v) is 2.92. The third-order valence-electron chi connectivity index (χ3n) is 2.92. The van der Waals surface area contributed by atoms with Crippen LogP contribution in [-0.4, -0.2) is 19.7 Å². The van der Waals surface area contributed by atoms with Crippen LogP contribution in [0.2, 0.25) is 0 Å². The molecule has 0 saturated carbocycles. The number of nitrogens with two attached hydrogens (primary N) is 1. The molecule has 0 saturated heterocycles. The van der Waals surface area contributed by atoms with Gasteiger partial charge in [0.2, 0.25) is 0 Å². The highest BCUT2D eigenvalue weighted by molar-refractivity contribution is 5.90. The Labute approximate surface area is 118 Å². The van der Waals surface area contributed by atoms with Crippen LogP contribution in [0.4, 0.5) is 5.69 Å². The molecule has 0 unspecified atom stereocenters. The predicted molar refractivity (Wildman–Crippen MR) is 77.8 cm³/mol. The fraction of sp³-hybridized carbons (Fsp3) is 0.188. The van der Waals surface area contributed by atoms with Gasteiger partial charge in [-0.3, -0.25) is 0 Å². The standard InChI is InChI=1S/C16H17NO3/c1-19-16(18)13-7-8-15(14(17)11-13)20-10-9-12-5-3-2-4-6-12/h2-8,11H,9-10,17H2,1H3. The number of methoxy groups -OCH3 is 1. The van der Waals surface area contributed by atoms with Crippen molar-refractivity contribution in [3.63, 3.8) is 0 Å². The van der Waals surface area contributed by atoms with Crippen molar-refractivity contribution in [2.45, 2.75) is 6.42 Å². The summed E-state index contributed by atoms with van der Waals surface area (Å²) in [6.07, 6.45) is 0.805. The molecule has 104 valence electrons. The maximum absolute atomic E-state index is 11.4. The third kappa shape index (κ3) is 3.51. The summed E-state index contributed by atoms with van der Waals surface area (Å²) >= 11 is 0. The number of esters is 1. The molecule has 2 aromatic carbocycles. The van der Waals surface area contributed by atoms with Crippen LogP contribution in [0.3, 0.4) is 0 Å². The van der Waals surface area contributed by atoms with Crippen molar-refractivity contribution in [1.29, 1.82) is 0 Å². The Morgan fingerprint density at radius 3 is 2.55 bits per heavy atom. The smallest absolute Gasteiger partial charge is 0.337 e. The van der Waals surface area contributed by atoms with Gasteiger partial charge in [-0.1, -0.05) is 30.3 Å². The summed E-state index contributed by atoms with van der Waals surface area (Å²) in [4.78, 5) is 11.4. The van der Waals surface area contributed by atoms with Crippen molar-refractivity contribution >= 4 is 11.7 Å². The van der Waals surface area contributed by atoms with E-state index in [1.807, 2.05) is 30.3 Å². The van der Waals surface area contributed by atoms with E-state index >= 15 is 0 Å². The summed E-state index contributed by atoms with van der Waals surface area (Å²) in [5.74, 6) is 0.168. The highest BCUT2D eigenvalue weighted by atomic mass is 16.5. The van der Waals surface area contributed by atoms with Gasteiger partial charge in [0, 0.05) is 6.42 Å². The number of nitrogen functional groups attached to an aromatic ring is 1. The summed E-state index contributed by atoms with van der Waals surface area (Å²) in [5, 5.41) is 0. The molecule has 0 fully saturated rings. The minimum atomic E-state index is -0.410. The lowest BCUT2D eigenvalue weighted by Crippen LogP contribution is -2.06. The Morgan fingerprint density at radius 2 is 1.90 bits per heavy atom. The van der Waals surface area contributed by atoms with E-state index in [9.17, 15) is 4.79 Å². The van der Waals surface area contributed by atoms with Gasteiger partial charge >= 0.3 is 5.97 Å². The summed E-state index contributed by atoms with van der Waals surface area (Å²) in [5.41, 5.74) is 7.91. The lowest BCUT2D eigenvalue weighted by molar-refractivity contribution is 0.0601. The van der Waals surface area contributed by atoms with Crippen LogP contribution in [0.1, 0.15) is 15.9 Å². The fourth-order valence-corrected chi connectivity index (χ4v) is 1.85. The van der Waals surface area contributed by atoms with E-state index in [-0.39, 0.29) is 0 Å². The largest absolute Gasteiger partial charge is 0.491 e. The number of carbonyl (C=O) groups is 1. The molecular weight excluding hydrogens is 254 g/mol. The zero-order valence-corrected chi connectivity index (χ0v) is 11.3. The molecule has 4 nitrogen and oxygen atoms in total. The molecule has 0 spiro atoms. The highest BCUT2D eigenvalue weighted by Gasteiger charge is 2.08. The van der Waals surface area contributed by atoms with Gasteiger partial charge in [0.05, 0.1) is 25.0 Å². The molecule has 0 aliphatic carbocycles. The zero-order valence-electron chi connectivity index (χ0n) is 11.3. The van der Waals surface area contributed by atoms with Gasteiger partial charge in [-0.2, -0.15) is 0 Å². The first-order valence-electron chi connectivity index (χ1n) is 6.35. The molecule has 0 atom stereocenters. The van der Waals surface area contributed by atoms with Gasteiger partial charge in [0.25, 0.3) is 0 Å². The monoisotopic (exact) mass is 271 g/mol. The predicted octanol–water partition coefficient (Wildman–Crippen LogP) is 2.68. The van der Waals surface area contributed by atoms with Crippen LogP contribution < -0.4 is 10.5 Å². The van der Waals surface area contributed by atoms with Gasteiger partial charge in [0.15, 0.2) is 0 Å². The average Bonchev–Trinajstić information content (AvgIpc) is 2.49. The molecule has 2 aromatic rings. The number of anilines is 1. The molecule has 2 rings (SSSR count). The molecule has 0 aliphatic rings. The normalized spacial score (nSPS) is 10.1. The van der Waals surface area contributed by atoms with Gasteiger partial charge in [0.1, 0.15) is 5.75 Å². The minimum absolute atomic E-state index is 0.410. The van der Waals surface area contributed by atoms with E-state index in [1.165, 1.54) is 12.7 Å². The number of hydrogen-bond acceptors (Lipinski definition) is 4. The number of ether oxygens (including phenoxy) is 2. The second-order valence-electron chi connectivity index (χ2n) is 4.33. The maximum Gasteiger partial charge on any atom is 0.337 e. The van der Waals surface area contributed by atoms with Crippen LogP contribution in [-0.2, 0) is 11.2 Å². The number of hydrogen-bond donors (Lipinski definition) is 1. The number of benzene rings is 2. The van der Waals surface area contributed by atoms with Crippen molar-refractivity contribution in [3.05, 3.63) is 59.7 Å². The zero-order chi connectivity index (χ0) is 14.4. The van der Waals surface area contributed by atoms with E-state index in [4.69, 9.17) is 10.5 Å². The molecule has 2 N–H and O–H groups in total. The van der Waals surface area contributed by atoms with Crippen molar-refractivity contribution in [3.8, 4) is 5.75 Å². The van der Waals surface area contributed by atoms with Crippen molar-refractivity contribution in [2.75, 3.05) is 19.5 Å². The fourth-order valence-electron chi connectivity index (χ4n) is 1.85. The van der Waals surface area contributed by atoms with Crippen molar-refractivity contribution in [1.82, 2.24) is 0 Å². The lowest BCUT2D eigenvalue weighted by Gasteiger charge is -2.10. The molecule has 0 amide bonds. The molecule has 0 aliphatic heterocycles. The Bertz CT molecular complexity index is 582. The molecular formula is C16H17NO3.